The molecule has 30 heavy (non-hydrogen) atoms. The minimum absolute atomic E-state index is 0.108. The number of hydrogen-bond donors (Lipinski definition) is 0. The standard InChI is InChI=1S/C21H18N4O3S2/c26-30(27,14-21-23-8-12-29-21)18-5-6-19-20(13-18)28-11-10-25(19)17-3-1-16(2-4-17)24-9-7-22-15-24/h1-9,12-13,15H,10-11,14H2. The van der Waals surface area contributed by atoms with Crippen molar-refractivity contribution in [2.75, 3.05) is 18.1 Å². The number of benzene rings is 2. The molecule has 0 amide bonds. The number of aromatic nitrogens is 3. The van der Waals surface area contributed by atoms with Crippen molar-refractivity contribution in [2.45, 2.75) is 10.6 Å². The van der Waals surface area contributed by atoms with Crippen LogP contribution in [0.15, 0.2) is 77.7 Å². The fourth-order valence-electron chi connectivity index (χ4n) is 3.45. The second kappa shape index (κ2) is 7.58. The SMILES string of the molecule is O=S(=O)(Cc1nccs1)c1ccc2c(c1)OCCN2c1ccc(-n2ccnc2)cc1. The molecule has 7 nitrogen and oxygen atoms in total. The van der Waals surface area contributed by atoms with Crippen molar-refractivity contribution in [1.82, 2.24) is 14.5 Å². The number of ether oxygens (including phenoxy) is 1. The van der Waals surface area contributed by atoms with Gasteiger partial charge in [0.15, 0.2) is 9.84 Å². The van der Waals surface area contributed by atoms with E-state index in [1.165, 1.54) is 11.3 Å². The predicted molar refractivity (Wildman–Crippen MR) is 116 cm³/mol. The van der Waals surface area contributed by atoms with Crippen LogP contribution in [0.25, 0.3) is 5.69 Å². The first-order valence-corrected chi connectivity index (χ1v) is 11.9. The number of anilines is 2. The zero-order chi connectivity index (χ0) is 20.6. The third kappa shape index (κ3) is 3.57. The van der Waals surface area contributed by atoms with E-state index in [9.17, 15) is 8.42 Å². The highest BCUT2D eigenvalue weighted by Gasteiger charge is 2.24. The van der Waals surface area contributed by atoms with Gasteiger partial charge in [-0.25, -0.2) is 18.4 Å². The highest BCUT2D eigenvalue weighted by atomic mass is 32.2. The fourth-order valence-corrected chi connectivity index (χ4v) is 5.72. The molecule has 0 fully saturated rings. The van der Waals surface area contributed by atoms with E-state index in [1.54, 1.807) is 36.2 Å². The van der Waals surface area contributed by atoms with Gasteiger partial charge in [-0.15, -0.1) is 11.3 Å². The van der Waals surface area contributed by atoms with Gasteiger partial charge in [0.1, 0.15) is 23.1 Å². The monoisotopic (exact) mass is 438 g/mol. The van der Waals surface area contributed by atoms with Gasteiger partial charge in [0.2, 0.25) is 0 Å². The molecule has 1 aliphatic heterocycles. The molecule has 0 saturated heterocycles. The molecule has 3 heterocycles. The van der Waals surface area contributed by atoms with Crippen molar-refractivity contribution in [3.05, 3.63) is 77.8 Å². The van der Waals surface area contributed by atoms with Crippen LogP contribution in [0.5, 0.6) is 5.75 Å². The quantitative estimate of drug-likeness (QED) is 0.471. The van der Waals surface area contributed by atoms with Crippen LogP contribution in [0.1, 0.15) is 5.01 Å². The summed E-state index contributed by atoms with van der Waals surface area (Å²) in [7, 11) is -3.49. The summed E-state index contributed by atoms with van der Waals surface area (Å²) >= 11 is 1.34. The van der Waals surface area contributed by atoms with Gasteiger partial charge in [-0.3, -0.25) is 0 Å². The topological polar surface area (TPSA) is 77.3 Å². The normalized spacial score (nSPS) is 13.7. The van der Waals surface area contributed by atoms with E-state index in [2.05, 4.69) is 14.9 Å². The second-order valence-corrected chi connectivity index (χ2v) is 9.77. The van der Waals surface area contributed by atoms with Crippen LogP contribution in [0, 0.1) is 0 Å². The maximum absolute atomic E-state index is 12.8. The summed E-state index contributed by atoms with van der Waals surface area (Å²) in [6, 6.07) is 13.2. The molecular weight excluding hydrogens is 420 g/mol. The van der Waals surface area contributed by atoms with Crippen LogP contribution in [0.2, 0.25) is 0 Å². The highest BCUT2D eigenvalue weighted by Crippen LogP contribution is 2.38. The molecule has 0 spiro atoms. The first-order valence-electron chi connectivity index (χ1n) is 9.34. The molecule has 2 aromatic carbocycles. The molecule has 0 atom stereocenters. The maximum atomic E-state index is 12.8. The second-order valence-electron chi connectivity index (χ2n) is 6.80. The van der Waals surface area contributed by atoms with Crippen molar-refractivity contribution in [2.24, 2.45) is 0 Å². The number of nitrogens with zero attached hydrogens (tertiary/aromatic N) is 4. The Kier molecular flexibility index (Phi) is 4.76. The van der Waals surface area contributed by atoms with Gasteiger partial charge in [-0.1, -0.05) is 0 Å². The Bertz CT molecular complexity index is 1250. The number of thiazole rings is 1. The lowest BCUT2D eigenvalue weighted by atomic mass is 10.2. The molecule has 5 rings (SSSR count). The van der Waals surface area contributed by atoms with E-state index in [-0.39, 0.29) is 10.6 Å². The lowest BCUT2D eigenvalue weighted by Crippen LogP contribution is -2.28. The van der Waals surface area contributed by atoms with Gasteiger partial charge in [0.25, 0.3) is 0 Å². The molecule has 0 bridgehead atoms. The highest BCUT2D eigenvalue weighted by molar-refractivity contribution is 7.90. The van der Waals surface area contributed by atoms with Gasteiger partial charge < -0.3 is 14.2 Å². The van der Waals surface area contributed by atoms with Gasteiger partial charge in [0, 0.05) is 41.4 Å². The van der Waals surface area contributed by atoms with E-state index < -0.39 is 9.84 Å². The molecule has 9 heteroatoms. The van der Waals surface area contributed by atoms with Crippen LogP contribution in [-0.2, 0) is 15.6 Å². The summed E-state index contributed by atoms with van der Waals surface area (Å²) in [4.78, 5) is 10.5. The summed E-state index contributed by atoms with van der Waals surface area (Å²) in [6.07, 6.45) is 7.01. The first kappa shape index (κ1) is 18.8. The Morgan fingerprint density at radius 3 is 2.63 bits per heavy atom. The van der Waals surface area contributed by atoms with E-state index in [4.69, 9.17) is 4.74 Å². The van der Waals surface area contributed by atoms with Crippen molar-refractivity contribution < 1.29 is 13.2 Å². The summed E-state index contributed by atoms with van der Waals surface area (Å²) in [5.41, 5.74) is 2.89. The summed E-state index contributed by atoms with van der Waals surface area (Å²) in [5.74, 6) is 0.461. The Morgan fingerprint density at radius 1 is 1.07 bits per heavy atom. The Hall–Kier alpha value is -3.17. The van der Waals surface area contributed by atoms with Gasteiger partial charge in [-0.2, -0.15) is 0 Å². The number of imidazole rings is 1. The van der Waals surface area contributed by atoms with Crippen LogP contribution < -0.4 is 9.64 Å². The molecule has 0 saturated carbocycles. The predicted octanol–water partition coefficient (Wildman–Crippen LogP) is 3.83. The molecule has 0 aliphatic carbocycles. The minimum Gasteiger partial charge on any atom is -0.489 e. The van der Waals surface area contributed by atoms with Gasteiger partial charge in [-0.05, 0) is 36.4 Å². The molecule has 152 valence electrons. The summed E-state index contributed by atoms with van der Waals surface area (Å²) in [6.45, 7) is 1.16. The molecule has 0 unspecified atom stereocenters. The zero-order valence-corrected chi connectivity index (χ0v) is 17.5. The number of rotatable bonds is 5. The maximum Gasteiger partial charge on any atom is 0.185 e. The van der Waals surface area contributed by atoms with E-state index in [0.29, 0.717) is 23.9 Å². The molecule has 2 aromatic heterocycles. The van der Waals surface area contributed by atoms with Crippen LogP contribution in [0.4, 0.5) is 11.4 Å². The Morgan fingerprint density at radius 2 is 1.90 bits per heavy atom. The average molecular weight is 439 g/mol. The number of hydrogen-bond acceptors (Lipinski definition) is 7. The molecule has 0 radical (unpaired) electrons. The average Bonchev–Trinajstić information content (AvgIpc) is 3.47. The Labute approximate surface area is 178 Å². The summed E-state index contributed by atoms with van der Waals surface area (Å²) < 4.78 is 33.3. The zero-order valence-electron chi connectivity index (χ0n) is 15.9. The minimum atomic E-state index is -3.49. The van der Waals surface area contributed by atoms with Crippen molar-refractivity contribution >= 4 is 32.5 Å². The van der Waals surface area contributed by atoms with E-state index >= 15 is 0 Å². The first-order chi connectivity index (χ1) is 14.6. The number of fused-ring (bicyclic) bond motifs is 1. The van der Waals surface area contributed by atoms with E-state index in [0.717, 1.165) is 17.1 Å². The van der Waals surface area contributed by atoms with Gasteiger partial charge in [0.05, 0.1) is 23.5 Å². The molecule has 4 aromatic rings. The third-order valence-electron chi connectivity index (χ3n) is 4.91. The van der Waals surface area contributed by atoms with E-state index in [1.807, 2.05) is 41.1 Å². The van der Waals surface area contributed by atoms with Crippen molar-refractivity contribution in [3.63, 3.8) is 0 Å². The molecule has 0 N–H and O–H groups in total. The molecule has 1 aliphatic rings. The summed E-state index contributed by atoms with van der Waals surface area (Å²) in [5, 5.41) is 2.35. The third-order valence-corrected chi connectivity index (χ3v) is 7.50. The van der Waals surface area contributed by atoms with Crippen LogP contribution >= 0.6 is 11.3 Å². The number of sulfone groups is 1. The van der Waals surface area contributed by atoms with Gasteiger partial charge >= 0.3 is 0 Å². The fraction of sp³-hybridized carbons (Fsp3) is 0.143. The van der Waals surface area contributed by atoms with Crippen molar-refractivity contribution in [3.8, 4) is 11.4 Å². The van der Waals surface area contributed by atoms with Crippen LogP contribution in [-0.4, -0.2) is 36.1 Å². The Balaban J connectivity index is 1.43. The lowest BCUT2D eigenvalue weighted by Gasteiger charge is -2.31. The smallest absolute Gasteiger partial charge is 0.185 e. The molecular formula is C21H18N4O3S2. The lowest BCUT2D eigenvalue weighted by molar-refractivity contribution is 0.313. The van der Waals surface area contributed by atoms with Crippen LogP contribution in [0.3, 0.4) is 0 Å². The largest absolute Gasteiger partial charge is 0.489 e. The van der Waals surface area contributed by atoms with Crippen molar-refractivity contribution in [1.29, 1.82) is 0 Å².